The molecule has 2 aliphatic rings. The molecule has 0 aromatic rings. The molecule has 0 N–H and O–H groups in total. The summed E-state index contributed by atoms with van der Waals surface area (Å²) in [6.07, 6.45) is 3.89. The Bertz CT molecular complexity index is 348. The fraction of sp³-hybridized carbons (Fsp3) is 0.786. The maximum absolute atomic E-state index is 12.1. The third kappa shape index (κ3) is 2.55. The third-order valence-electron chi connectivity index (χ3n) is 3.52. The molecule has 0 spiro atoms. The van der Waals surface area contributed by atoms with E-state index >= 15 is 0 Å². The Morgan fingerprint density at radius 2 is 2.00 bits per heavy atom. The number of fused-ring (bicyclic) bond motifs is 2. The molecule has 5 nitrogen and oxygen atoms in total. The van der Waals surface area contributed by atoms with Crippen LogP contribution in [0.2, 0.25) is 0 Å². The van der Waals surface area contributed by atoms with Crippen molar-refractivity contribution < 1.29 is 23.7 Å². The molecule has 0 aromatic carbocycles. The maximum Gasteiger partial charge on any atom is 0.312 e. The second-order valence-electron chi connectivity index (χ2n) is 4.65. The lowest BCUT2D eigenvalue weighted by Gasteiger charge is -2.35. The molecule has 2 bridgehead atoms. The number of hydrogen-bond acceptors (Lipinski definition) is 5. The molecule has 0 aromatic heterocycles. The zero-order valence-corrected chi connectivity index (χ0v) is 11.8. The normalized spacial score (nSPS) is 32.2. The number of ether oxygens (including phenoxy) is 4. The number of hydrogen-bond donors (Lipinski definition) is 0. The first-order chi connectivity index (χ1) is 9.17. The topological polar surface area (TPSA) is 54.0 Å². The van der Waals surface area contributed by atoms with E-state index in [1.54, 1.807) is 6.92 Å². The lowest BCUT2D eigenvalue weighted by atomic mass is 9.82. The zero-order chi connectivity index (χ0) is 13.9. The SMILES string of the molecule is CCOC(=O)C1CC2C=CC1(C(OCC)OCC)O2. The molecule has 2 heterocycles. The molecule has 3 unspecified atom stereocenters. The Morgan fingerprint density at radius 3 is 2.53 bits per heavy atom. The second-order valence-corrected chi connectivity index (χ2v) is 4.65. The van der Waals surface area contributed by atoms with Crippen molar-refractivity contribution in [3.8, 4) is 0 Å². The molecule has 0 radical (unpaired) electrons. The van der Waals surface area contributed by atoms with Crippen molar-refractivity contribution in [3.63, 3.8) is 0 Å². The standard InChI is InChI=1S/C14H22O5/c1-4-16-12(15)11-9-10-7-8-14(11,19-10)13(17-5-2)18-6-3/h7-8,10-11,13H,4-6,9H2,1-3H3. The van der Waals surface area contributed by atoms with E-state index in [2.05, 4.69) is 0 Å². The van der Waals surface area contributed by atoms with Crippen LogP contribution in [0.3, 0.4) is 0 Å². The first-order valence-corrected chi connectivity index (χ1v) is 6.94. The van der Waals surface area contributed by atoms with E-state index in [4.69, 9.17) is 18.9 Å². The van der Waals surface area contributed by atoms with E-state index in [0.29, 0.717) is 26.2 Å². The first-order valence-electron chi connectivity index (χ1n) is 6.94. The van der Waals surface area contributed by atoms with Crippen molar-refractivity contribution >= 4 is 5.97 Å². The summed E-state index contributed by atoms with van der Waals surface area (Å²) in [4.78, 5) is 12.1. The summed E-state index contributed by atoms with van der Waals surface area (Å²) in [6.45, 7) is 6.97. The Kier molecular flexibility index (Phi) is 4.60. The minimum absolute atomic E-state index is 0.0437. The monoisotopic (exact) mass is 270 g/mol. The molecule has 3 atom stereocenters. The third-order valence-corrected chi connectivity index (χ3v) is 3.52. The predicted molar refractivity (Wildman–Crippen MR) is 68.5 cm³/mol. The average molecular weight is 270 g/mol. The van der Waals surface area contributed by atoms with Gasteiger partial charge in [0.2, 0.25) is 0 Å². The van der Waals surface area contributed by atoms with E-state index < -0.39 is 11.9 Å². The Labute approximate surface area is 113 Å². The van der Waals surface area contributed by atoms with Crippen LogP contribution in [0.25, 0.3) is 0 Å². The van der Waals surface area contributed by atoms with Gasteiger partial charge in [0.1, 0.15) is 0 Å². The number of carbonyl (C=O) groups is 1. The largest absolute Gasteiger partial charge is 0.466 e. The van der Waals surface area contributed by atoms with Crippen LogP contribution in [0.15, 0.2) is 12.2 Å². The van der Waals surface area contributed by atoms with Gasteiger partial charge in [-0.1, -0.05) is 6.08 Å². The van der Waals surface area contributed by atoms with Crippen LogP contribution in [0.5, 0.6) is 0 Å². The van der Waals surface area contributed by atoms with Crippen LogP contribution in [-0.4, -0.2) is 43.8 Å². The van der Waals surface area contributed by atoms with Gasteiger partial charge in [-0.2, -0.15) is 0 Å². The van der Waals surface area contributed by atoms with Crippen LogP contribution in [0, 0.1) is 5.92 Å². The number of carbonyl (C=O) groups excluding carboxylic acids is 1. The van der Waals surface area contributed by atoms with Gasteiger partial charge >= 0.3 is 5.97 Å². The summed E-state index contributed by atoms with van der Waals surface area (Å²) < 4.78 is 22.4. The van der Waals surface area contributed by atoms with Gasteiger partial charge in [0.15, 0.2) is 11.9 Å². The molecule has 0 amide bonds. The van der Waals surface area contributed by atoms with Gasteiger partial charge in [0, 0.05) is 13.2 Å². The van der Waals surface area contributed by atoms with Crippen LogP contribution < -0.4 is 0 Å². The average Bonchev–Trinajstić information content (AvgIpc) is 2.97. The highest BCUT2D eigenvalue weighted by atomic mass is 16.7. The van der Waals surface area contributed by atoms with E-state index in [0.717, 1.165) is 0 Å². The molecule has 1 saturated heterocycles. The summed E-state index contributed by atoms with van der Waals surface area (Å²) in [5.41, 5.74) is -0.830. The van der Waals surface area contributed by atoms with E-state index in [-0.39, 0.29) is 18.0 Å². The van der Waals surface area contributed by atoms with Gasteiger partial charge in [-0.15, -0.1) is 0 Å². The Balaban J connectivity index is 2.21. The highest BCUT2D eigenvalue weighted by molar-refractivity contribution is 5.75. The van der Waals surface area contributed by atoms with Crippen molar-refractivity contribution in [2.75, 3.05) is 19.8 Å². The van der Waals surface area contributed by atoms with Crippen molar-refractivity contribution in [1.82, 2.24) is 0 Å². The van der Waals surface area contributed by atoms with E-state index in [9.17, 15) is 4.79 Å². The molecular weight excluding hydrogens is 248 g/mol. The minimum atomic E-state index is -0.830. The van der Waals surface area contributed by atoms with E-state index in [1.165, 1.54) is 0 Å². The van der Waals surface area contributed by atoms with Gasteiger partial charge in [0.05, 0.1) is 18.6 Å². The lowest BCUT2D eigenvalue weighted by molar-refractivity contribution is -0.232. The molecule has 0 saturated carbocycles. The van der Waals surface area contributed by atoms with Crippen LogP contribution in [0.1, 0.15) is 27.2 Å². The fourth-order valence-corrected chi connectivity index (χ4v) is 2.77. The molecule has 108 valence electrons. The number of esters is 1. The first kappa shape index (κ1) is 14.5. The molecular formula is C14H22O5. The van der Waals surface area contributed by atoms with Crippen molar-refractivity contribution in [2.24, 2.45) is 5.92 Å². The molecule has 5 heteroatoms. The molecule has 2 rings (SSSR count). The number of rotatable bonds is 7. The summed E-state index contributed by atoms with van der Waals surface area (Å²) in [5.74, 6) is -0.593. The molecule has 2 aliphatic heterocycles. The van der Waals surface area contributed by atoms with Crippen LogP contribution >= 0.6 is 0 Å². The molecule has 0 aliphatic carbocycles. The molecule has 1 fully saturated rings. The lowest BCUT2D eigenvalue weighted by Crippen LogP contribution is -2.50. The highest BCUT2D eigenvalue weighted by Gasteiger charge is 2.59. The van der Waals surface area contributed by atoms with Gasteiger partial charge < -0.3 is 18.9 Å². The van der Waals surface area contributed by atoms with Gasteiger partial charge in [-0.25, -0.2) is 0 Å². The highest BCUT2D eigenvalue weighted by Crippen LogP contribution is 2.47. The smallest absolute Gasteiger partial charge is 0.312 e. The van der Waals surface area contributed by atoms with Crippen molar-refractivity contribution in [3.05, 3.63) is 12.2 Å². The summed E-state index contributed by atoms with van der Waals surface area (Å²) in [6, 6.07) is 0. The van der Waals surface area contributed by atoms with Gasteiger partial charge in [0.25, 0.3) is 0 Å². The Hall–Kier alpha value is -0.910. The van der Waals surface area contributed by atoms with Gasteiger partial charge in [-0.3, -0.25) is 4.79 Å². The van der Waals surface area contributed by atoms with Crippen molar-refractivity contribution in [2.45, 2.75) is 45.2 Å². The quantitative estimate of drug-likeness (QED) is 0.400. The molecule has 19 heavy (non-hydrogen) atoms. The summed E-state index contributed by atoms with van der Waals surface area (Å²) in [7, 11) is 0. The second kappa shape index (κ2) is 6.03. The zero-order valence-electron chi connectivity index (χ0n) is 11.8. The van der Waals surface area contributed by atoms with E-state index in [1.807, 2.05) is 26.0 Å². The Morgan fingerprint density at radius 1 is 1.32 bits per heavy atom. The van der Waals surface area contributed by atoms with Crippen molar-refractivity contribution in [1.29, 1.82) is 0 Å². The van der Waals surface area contributed by atoms with Crippen LogP contribution in [0.4, 0.5) is 0 Å². The van der Waals surface area contributed by atoms with Crippen LogP contribution in [-0.2, 0) is 23.7 Å². The predicted octanol–water partition coefficient (Wildman–Crippen LogP) is 1.66. The minimum Gasteiger partial charge on any atom is -0.466 e. The van der Waals surface area contributed by atoms with Gasteiger partial charge in [-0.05, 0) is 33.3 Å². The fourth-order valence-electron chi connectivity index (χ4n) is 2.77. The summed E-state index contributed by atoms with van der Waals surface area (Å²) in [5, 5.41) is 0. The summed E-state index contributed by atoms with van der Waals surface area (Å²) >= 11 is 0. The maximum atomic E-state index is 12.1.